The number of rotatable bonds is 4. The smallest absolute Gasteiger partial charge is 0.121 e. The molecule has 4 rings (SSSR count). The predicted molar refractivity (Wildman–Crippen MR) is 83.6 cm³/mol. The van der Waals surface area contributed by atoms with Crippen LogP contribution in [0.15, 0.2) is 18.2 Å². The van der Waals surface area contributed by atoms with E-state index in [-0.39, 0.29) is 5.54 Å². The Hall–Kier alpha value is -1.55. The molecule has 0 aliphatic heterocycles. The zero-order valence-corrected chi connectivity index (χ0v) is 12.6. The number of nitrogens with two attached hydrogens (primary N) is 1. The molecule has 2 aromatic rings. The molecule has 2 fully saturated rings. The predicted octanol–water partition coefficient (Wildman–Crippen LogP) is 3.19. The number of methoxy groups -OCH3 is 1. The molecule has 2 saturated carbocycles. The van der Waals surface area contributed by atoms with Crippen LogP contribution in [0.25, 0.3) is 11.0 Å². The fraction of sp³-hybridized carbons (Fsp3) is 0.588. The summed E-state index contributed by atoms with van der Waals surface area (Å²) in [6.07, 6.45) is 8.21. The topological polar surface area (TPSA) is 53.1 Å². The van der Waals surface area contributed by atoms with Gasteiger partial charge in [0.2, 0.25) is 0 Å². The first-order valence-corrected chi connectivity index (χ1v) is 8.02. The van der Waals surface area contributed by atoms with Gasteiger partial charge in [-0.1, -0.05) is 12.8 Å². The maximum absolute atomic E-state index is 6.58. The lowest BCUT2D eigenvalue weighted by atomic mass is 9.94. The van der Waals surface area contributed by atoms with E-state index in [4.69, 9.17) is 15.5 Å². The Labute approximate surface area is 125 Å². The first-order valence-electron chi connectivity index (χ1n) is 8.02. The number of ether oxygens (including phenoxy) is 1. The van der Waals surface area contributed by atoms with Crippen LogP contribution in [-0.2, 0) is 6.42 Å². The molecule has 112 valence electrons. The van der Waals surface area contributed by atoms with Gasteiger partial charge in [0.05, 0.1) is 18.1 Å². The van der Waals surface area contributed by atoms with E-state index in [1.54, 1.807) is 7.11 Å². The minimum absolute atomic E-state index is 0.0435. The van der Waals surface area contributed by atoms with Crippen molar-refractivity contribution in [1.82, 2.24) is 9.55 Å². The lowest BCUT2D eigenvalue weighted by Crippen LogP contribution is -2.39. The molecule has 2 aliphatic carbocycles. The number of imidazole rings is 1. The molecule has 0 unspecified atom stereocenters. The molecule has 1 aromatic heterocycles. The van der Waals surface area contributed by atoms with Gasteiger partial charge in [0.15, 0.2) is 0 Å². The maximum atomic E-state index is 6.58. The van der Waals surface area contributed by atoms with Crippen LogP contribution in [0.1, 0.15) is 50.4 Å². The zero-order valence-electron chi connectivity index (χ0n) is 12.6. The van der Waals surface area contributed by atoms with E-state index in [0.29, 0.717) is 6.04 Å². The van der Waals surface area contributed by atoms with Gasteiger partial charge in [-0.15, -0.1) is 0 Å². The van der Waals surface area contributed by atoms with Crippen molar-refractivity contribution in [1.29, 1.82) is 0 Å². The van der Waals surface area contributed by atoms with Crippen LogP contribution in [-0.4, -0.2) is 22.2 Å². The molecule has 1 heterocycles. The van der Waals surface area contributed by atoms with E-state index < -0.39 is 0 Å². The fourth-order valence-electron chi connectivity index (χ4n) is 3.69. The SMILES string of the molecule is COc1ccc2c(c1)nc(CC1(N)CCCC1)n2C1CC1. The fourth-order valence-corrected chi connectivity index (χ4v) is 3.69. The van der Waals surface area contributed by atoms with Crippen LogP contribution in [0.2, 0.25) is 0 Å². The van der Waals surface area contributed by atoms with E-state index in [0.717, 1.165) is 30.5 Å². The van der Waals surface area contributed by atoms with Crippen LogP contribution in [0.3, 0.4) is 0 Å². The monoisotopic (exact) mass is 285 g/mol. The van der Waals surface area contributed by atoms with Crippen molar-refractivity contribution >= 4 is 11.0 Å². The van der Waals surface area contributed by atoms with Gasteiger partial charge in [-0.25, -0.2) is 4.98 Å². The molecule has 0 bridgehead atoms. The third kappa shape index (κ3) is 2.31. The van der Waals surface area contributed by atoms with Crippen LogP contribution < -0.4 is 10.5 Å². The highest BCUT2D eigenvalue weighted by molar-refractivity contribution is 5.78. The van der Waals surface area contributed by atoms with Crippen molar-refractivity contribution in [2.75, 3.05) is 7.11 Å². The highest BCUT2D eigenvalue weighted by atomic mass is 16.5. The summed E-state index contributed by atoms with van der Waals surface area (Å²) >= 11 is 0. The van der Waals surface area contributed by atoms with Gasteiger partial charge in [-0.05, 0) is 37.8 Å². The molecule has 0 atom stereocenters. The molecule has 0 radical (unpaired) electrons. The van der Waals surface area contributed by atoms with Gasteiger partial charge in [-0.3, -0.25) is 0 Å². The second kappa shape index (κ2) is 4.73. The Morgan fingerprint density at radius 3 is 2.76 bits per heavy atom. The normalized spacial score (nSPS) is 21.0. The Kier molecular flexibility index (Phi) is 2.96. The summed E-state index contributed by atoms with van der Waals surface area (Å²) in [5.74, 6) is 2.04. The molecule has 21 heavy (non-hydrogen) atoms. The number of nitrogens with zero attached hydrogens (tertiary/aromatic N) is 2. The molecule has 1 aromatic carbocycles. The summed E-state index contributed by atoms with van der Waals surface area (Å²) in [6, 6.07) is 6.83. The van der Waals surface area contributed by atoms with Crippen LogP contribution in [0, 0.1) is 0 Å². The third-order valence-electron chi connectivity index (χ3n) is 4.99. The average molecular weight is 285 g/mol. The molecule has 0 spiro atoms. The minimum atomic E-state index is -0.0435. The molecule has 0 amide bonds. The zero-order chi connectivity index (χ0) is 14.4. The van der Waals surface area contributed by atoms with Gasteiger partial charge in [0.25, 0.3) is 0 Å². The van der Waals surface area contributed by atoms with E-state index in [1.165, 1.54) is 37.0 Å². The summed E-state index contributed by atoms with van der Waals surface area (Å²) in [5.41, 5.74) is 8.81. The summed E-state index contributed by atoms with van der Waals surface area (Å²) in [4.78, 5) is 4.89. The molecule has 4 nitrogen and oxygen atoms in total. The quantitative estimate of drug-likeness (QED) is 0.938. The summed E-state index contributed by atoms with van der Waals surface area (Å²) in [7, 11) is 1.70. The van der Waals surface area contributed by atoms with Crippen molar-refractivity contribution in [2.45, 2.75) is 56.5 Å². The Morgan fingerprint density at radius 2 is 2.10 bits per heavy atom. The summed E-state index contributed by atoms with van der Waals surface area (Å²) in [6.45, 7) is 0. The highest BCUT2D eigenvalue weighted by Gasteiger charge is 2.34. The van der Waals surface area contributed by atoms with E-state index in [1.807, 2.05) is 12.1 Å². The number of benzene rings is 1. The van der Waals surface area contributed by atoms with Crippen molar-refractivity contribution < 1.29 is 4.74 Å². The van der Waals surface area contributed by atoms with E-state index in [2.05, 4.69) is 10.6 Å². The Balaban J connectivity index is 1.77. The number of hydrogen-bond acceptors (Lipinski definition) is 3. The van der Waals surface area contributed by atoms with Crippen molar-refractivity contribution in [3.8, 4) is 5.75 Å². The molecular weight excluding hydrogens is 262 g/mol. The van der Waals surface area contributed by atoms with Gasteiger partial charge in [-0.2, -0.15) is 0 Å². The largest absolute Gasteiger partial charge is 0.497 e. The number of fused-ring (bicyclic) bond motifs is 1. The van der Waals surface area contributed by atoms with Gasteiger partial charge < -0.3 is 15.0 Å². The molecule has 0 saturated heterocycles. The van der Waals surface area contributed by atoms with Crippen LogP contribution >= 0.6 is 0 Å². The van der Waals surface area contributed by atoms with Crippen molar-refractivity contribution in [2.24, 2.45) is 5.73 Å². The standard InChI is InChI=1S/C17H23N3O/c1-21-13-6-7-15-14(10-13)19-16(20(15)12-4-5-12)11-17(18)8-2-3-9-17/h6-7,10,12H,2-5,8-9,11,18H2,1H3. The van der Waals surface area contributed by atoms with E-state index in [9.17, 15) is 0 Å². The van der Waals surface area contributed by atoms with Crippen molar-refractivity contribution in [3.05, 3.63) is 24.0 Å². The minimum Gasteiger partial charge on any atom is -0.497 e. The lowest BCUT2D eigenvalue weighted by Gasteiger charge is -2.23. The second-order valence-corrected chi connectivity index (χ2v) is 6.73. The average Bonchev–Trinajstić information content (AvgIpc) is 3.12. The van der Waals surface area contributed by atoms with E-state index >= 15 is 0 Å². The van der Waals surface area contributed by atoms with Crippen molar-refractivity contribution in [3.63, 3.8) is 0 Å². The van der Waals surface area contributed by atoms with Crippen LogP contribution in [0.4, 0.5) is 0 Å². The maximum Gasteiger partial charge on any atom is 0.121 e. The molecular formula is C17H23N3O. The van der Waals surface area contributed by atoms with Gasteiger partial charge in [0, 0.05) is 24.1 Å². The molecule has 2 aliphatic rings. The first-order chi connectivity index (χ1) is 10.2. The number of aromatic nitrogens is 2. The van der Waals surface area contributed by atoms with Gasteiger partial charge in [0.1, 0.15) is 11.6 Å². The summed E-state index contributed by atoms with van der Waals surface area (Å²) in [5, 5.41) is 0. The lowest BCUT2D eigenvalue weighted by molar-refractivity contribution is 0.415. The Bertz CT molecular complexity index is 666. The highest BCUT2D eigenvalue weighted by Crippen LogP contribution is 2.41. The Morgan fingerprint density at radius 1 is 1.33 bits per heavy atom. The first kappa shape index (κ1) is 13.1. The molecule has 2 N–H and O–H groups in total. The van der Waals surface area contributed by atoms with Gasteiger partial charge >= 0.3 is 0 Å². The third-order valence-corrected chi connectivity index (χ3v) is 4.99. The molecule has 4 heteroatoms. The summed E-state index contributed by atoms with van der Waals surface area (Å²) < 4.78 is 7.76. The second-order valence-electron chi connectivity index (χ2n) is 6.73. The van der Waals surface area contributed by atoms with Crippen LogP contribution in [0.5, 0.6) is 5.75 Å². The number of hydrogen-bond donors (Lipinski definition) is 1.